The first-order valence-electron chi connectivity index (χ1n) is 10.4. The molecule has 2 aliphatic heterocycles. The highest BCUT2D eigenvalue weighted by atomic mass is 16.5. The van der Waals surface area contributed by atoms with Crippen molar-refractivity contribution in [2.45, 2.75) is 52.0 Å². The largest absolute Gasteiger partial charge is 0.342 e. The van der Waals surface area contributed by atoms with Crippen molar-refractivity contribution in [1.29, 1.82) is 0 Å². The number of aryl methyl sites for hydroxylation is 1. The summed E-state index contributed by atoms with van der Waals surface area (Å²) in [6, 6.07) is 5.96. The zero-order valence-corrected chi connectivity index (χ0v) is 16.6. The fourth-order valence-electron chi connectivity index (χ4n) is 4.58. The van der Waals surface area contributed by atoms with Crippen LogP contribution in [0.1, 0.15) is 50.0 Å². The zero-order valence-electron chi connectivity index (χ0n) is 16.6. The average Bonchev–Trinajstić information content (AvgIpc) is 3.17. The number of aromatic nitrogens is 3. The van der Waals surface area contributed by atoms with E-state index in [1.807, 2.05) is 31.3 Å². The Morgan fingerprint density at radius 2 is 2.18 bits per heavy atom. The van der Waals surface area contributed by atoms with E-state index in [1.54, 1.807) is 0 Å². The lowest BCUT2D eigenvalue weighted by molar-refractivity contribution is -0.139. The standard InChI is InChI=1S/C21H29N5O2/c1-2-19-23-18(24-28-19)14-25-12-5-9-21(15-25)10-7-20(27)26(16-21)13-8-17-6-3-4-11-22-17/h3-4,6,11H,2,5,7-10,12-16H2,1H3. The Morgan fingerprint density at radius 3 is 2.96 bits per heavy atom. The van der Waals surface area contributed by atoms with E-state index in [0.717, 1.165) is 69.9 Å². The summed E-state index contributed by atoms with van der Waals surface area (Å²) in [6.45, 7) is 6.40. The molecule has 1 amide bonds. The smallest absolute Gasteiger partial charge is 0.226 e. The number of piperidine rings is 2. The molecule has 0 aromatic carbocycles. The van der Waals surface area contributed by atoms with Crippen LogP contribution < -0.4 is 0 Å². The highest BCUT2D eigenvalue weighted by molar-refractivity contribution is 5.77. The molecule has 2 aromatic heterocycles. The van der Waals surface area contributed by atoms with Gasteiger partial charge in [0.15, 0.2) is 5.82 Å². The minimum absolute atomic E-state index is 0.188. The predicted octanol–water partition coefficient (Wildman–Crippen LogP) is 2.47. The normalized spacial score (nSPS) is 23.5. The SMILES string of the molecule is CCc1nc(CN2CCCC3(CCC(=O)N(CCc4ccccn4)C3)C2)no1. The maximum atomic E-state index is 12.5. The second-order valence-electron chi connectivity index (χ2n) is 8.16. The monoisotopic (exact) mass is 383 g/mol. The number of pyridine rings is 1. The van der Waals surface area contributed by atoms with Gasteiger partial charge in [0.05, 0.1) is 6.54 Å². The number of hydrogen-bond acceptors (Lipinski definition) is 6. The van der Waals surface area contributed by atoms with Gasteiger partial charge in [0.2, 0.25) is 11.8 Å². The molecule has 0 N–H and O–H groups in total. The summed E-state index contributed by atoms with van der Waals surface area (Å²) >= 11 is 0. The lowest BCUT2D eigenvalue weighted by Crippen LogP contribution is -2.54. The van der Waals surface area contributed by atoms with Crippen LogP contribution in [-0.2, 0) is 24.2 Å². The van der Waals surface area contributed by atoms with Crippen LogP contribution in [0.15, 0.2) is 28.9 Å². The molecule has 2 fully saturated rings. The number of carbonyl (C=O) groups excluding carboxylic acids is 1. The zero-order chi connectivity index (χ0) is 19.4. The van der Waals surface area contributed by atoms with Crippen molar-refractivity contribution in [1.82, 2.24) is 24.9 Å². The van der Waals surface area contributed by atoms with Crippen LogP contribution in [0.25, 0.3) is 0 Å². The Morgan fingerprint density at radius 1 is 1.25 bits per heavy atom. The van der Waals surface area contributed by atoms with Gasteiger partial charge in [-0.2, -0.15) is 4.98 Å². The summed E-state index contributed by atoms with van der Waals surface area (Å²) in [5, 5.41) is 4.11. The summed E-state index contributed by atoms with van der Waals surface area (Å²) in [5.41, 5.74) is 1.23. The van der Waals surface area contributed by atoms with Crippen LogP contribution in [0, 0.1) is 5.41 Å². The van der Waals surface area contributed by atoms with Gasteiger partial charge in [-0.1, -0.05) is 18.1 Å². The highest BCUT2D eigenvalue weighted by Crippen LogP contribution is 2.39. The third kappa shape index (κ3) is 4.41. The van der Waals surface area contributed by atoms with E-state index in [1.165, 1.54) is 6.42 Å². The predicted molar refractivity (Wildman–Crippen MR) is 104 cm³/mol. The van der Waals surface area contributed by atoms with Gasteiger partial charge in [0.25, 0.3) is 0 Å². The number of rotatable bonds is 6. The third-order valence-electron chi connectivity index (χ3n) is 6.03. The Kier molecular flexibility index (Phi) is 5.71. The molecule has 4 rings (SSSR count). The molecule has 7 nitrogen and oxygen atoms in total. The third-order valence-corrected chi connectivity index (χ3v) is 6.03. The molecule has 0 bridgehead atoms. The lowest BCUT2D eigenvalue weighted by atomic mass is 9.73. The number of carbonyl (C=O) groups is 1. The van der Waals surface area contributed by atoms with Crippen LogP contribution in [0.5, 0.6) is 0 Å². The molecule has 28 heavy (non-hydrogen) atoms. The molecule has 4 heterocycles. The Hall–Kier alpha value is -2.28. The number of likely N-dealkylation sites (tertiary alicyclic amines) is 2. The first-order chi connectivity index (χ1) is 13.7. The summed E-state index contributed by atoms with van der Waals surface area (Å²) in [5.74, 6) is 1.75. The summed E-state index contributed by atoms with van der Waals surface area (Å²) in [6.07, 6.45) is 7.37. The Balaban J connectivity index is 1.37. The number of nitrogens with zero attached hydrogens (tertiary/aromatic N) is 5. The highest BCUT2D eigenvalue weighted by Gasteiger charge is 2.41. The molecular weight excluding hydrogens is 354 g/mol. The van der Waals surface area contributed by atoms with Crippen LogP contribution in [0.3, 0.4) is 0 Å². The van der Waals surface area contributed by atoms with Crippen molar-refractivity contribution in [2.24, 2.45) is 5.41 Å². The van der Waals surface area contributed by atoms with Crippen molar-refractivity contribution in [3.05, 3.63) is 41.8 Å². The van der Waals surface area contributed by atoms with Gasteiger partial charge in [-0.3, -0.25) is 14.7 Å². The van der Waals surface area contributed by atoms with Crippen molar-refractivity contribution in [2.75, 3.05) is 26.2 Å². The van der Waals surface area contributed by atoms with Gasteiger partial charge < -0.3 is 9.42 Å². The van der Waals surface area contributed by atoms with Crippen molar-refractivity contribution < 1.29 is 9.32 Å². The summed E-state index contributed by atoms with van der Waals surface area (Å²) < 4.78 is 5.25. The van der Waals surface area contributed by atoms with Crippen LogP contribution in [-0.4, -0.2) is 57.0 Å². The molecule has 150 valence electrons. The molecule has 2 saturated heterocycles. The first kappa shape index (κ1) is 19.1. The lowest BCUT2D eigenvalue weighted by Gasteiger charge is -2.48. The van der Waals surface area contributed by atoms with E-state index < -0.39 is 0 Å². The minimum Gasteiger partial charge on any atom is -0.342 e. The second-order valence-corrected chi connectivity index (χ2v) is 8.16. The van der Waals surface area contributed by atoms with Crippen molar-refractivity contribution in [3.8, 4) is 0 Å². The van der Waals surface area contributed by atoms with E-state index >= 15 is 0 Å². The molecule has 1 unspecified atom stereocenters. The molecule has 1 spiro atoms. The van der Waals surface area contributed by atoms with E-state index in [0.29, 0.717) is 12.3 Å². The summed E-state index contributed by atoms with van der Waals surface area (Å²) in [7, 11) is 0. The molecule has 7 heteroatoms. The van der Waals surface area contributed by atoms with Gasteiger partial charge in [-0.25, -0.2) is 0 Å². The summed E-state index contributed by atoms with van der Waals surface area (Å²) in [4.78, 5) is 25.8. The van der Waals surface area contributed by atoms with E-state index in [9.17, 15) is 4.79 Å². The maximum absolute atomic E-state index is 12.5. The molecule has 2 aliphatic rings. The topological polar surface area (TPSA) is 75.4 Å². The van der Waals surface area contributed by atoms with Gasteiger partial charge in [-0.05, 0) is 37.9 Å². The van der Waals surface area contributed by atoms with E-state index in [-0.39, 0.29) is 11.3 Å². The van der Waals surface area contributed by atoms with E-state index in [4.69, 9.17) is 4.52 Å². The Labute approximate surface area is 166 Å². The fourth-order valence-corrected chi connectivity index (χ4v) is 4.58. The molecule has 1 atom stereocenters. The van der Waals surface area contributed by atoms with Crippen molar-refractivity contribution in [3.63, 3.8) is 0 Å². The molecule has 0 saturated carbocycles. The van der Waals surface area contributed by atoms with Crippen LogP contribution >= 0.6 is 0 Å². The minimum atomic E-state index is 0.188. The molecule has 2 aromatic rings. The van der Waals surface area contributed by atoms with Gasteiger partial charge in [0, 0.05) is 56.2 Å². The fraction of sp³-hybridized carbons (Fsp3) is 0.619. The van der Waals surface area contributed by atoms with Gasteiger partial charge >= 0.3 is 0 Å². The number of amides is 1. The van der Waals surface area contributed by atoms with Crippen LogP contribution in [0.2, 0.25) is 0 Å². The Bertz CT molecular complexity index is 793. The second kappa shape index (κ2) is 8.39. The molecule has 0 aliphatic carbocycles. The van der Waals surface area contributed by atoms with Gasteiger partial charge in [0.1, 0.15) is 0 Å². The van der Waals surface area contributed by atoms with Crippen LogP contribution in [0.4, 0.5) is 0 Å². The quantitative estimate of drug-likeness (QED) is 0.763. The molecule has 0 radical (unpaired) electrons. The number of hydrogen-bond donors (Lipinski definition) is 0. The average molecular weight is 383 g/mol. The maximum Gasteiger partial charge on any atom is 0.226 e. The first-order valence-corrected chi connectivity index (χ1v) is 10.4. The van der Waals surface area contributed by atoms with E-state index in [2.05, 4.69) is 24.9 Å². The van der Waals surface area contributed by atoms with Gasteiger partial charge in [-0.15, -0.1) is 0 Å². The van der Waals surface area contributed by atoms with Crippen molar-refractivity contribution >= 4 is 5.91 Å². The molecular formula is C21H29N5O2.